The van der Waals surface area contributed by atoms with Gasteiger partial charge in [-0.3, -0.25) is 0 Å². The molecule has 0 atom stereocenters. The van der Waals surface area contributed by atoms with Gasteiger partial charge in [0.05, 0.1) is 6.20 Å². The number of nitrogens with zero attached hydrogens (tertiary/aromatic N) is 1. The average molecular weight is 144 g/mol. The summed E-state index contributed by atoms with van der Waals surface area (Å²) in [5.74, 6) is 0. The van der Waals surface area contributed by atoms with Crippen molar-refractivity contribution in [3.8, 4) is 11.1 Å². The summed E-state index contributed by atoms with van der Waals surface area (Å²) in [5.41, 5.74) is 2.07. The first-order valence-electron chi connectivity index (χ1n) is 3.33. The Hall–Kier alpha value is -1.57. The van der Waals surface area contributed by atoms with Gasteiger partial charge in [0.25, 0.3) is 0 Å². The average Bonchev–Trinajstić information content (AvgIpc) is 2.58. The number of benzene rings is 1. The maximum absolute atomic E-state index is 4.71. The van der Waals surface area contributed by atoms with E-state index in [1.54, 1.807) is 12.5 Å². The van der Waals surface area contributed by atoms with Gasteiger partial charge in [-0.15, -0.1) is 0 Å². The molecule has 1 aromatic carbocycles. The molecule has 0 saturated carbocycles. The van der Waals surface area contributed by atoms with Crippen LogP contribution in [0.5, 0.6) is 0 Å². The Bertz CT molecular complexity index is 313. The minimum atomic E-state index is 0.988. The molecule has 2 heteroatoms. The quantitative estimate of drug-likeness (QED) is 0.612. The first-order valence-corrected chi connectivity index (χ1v) is 3.33. The molecule has 53 valence electrons. The van der Waals surface area contributed by atoms with Crippen molar-refractivity contribution in [2.45, 2.75) is 0 Å². The van der Waals surface area contributed by atoms with E-state index in [9.17, 15) is 0 Å². The molecule has 0 fully saturated rings. The molecule has 2 rings (SSSR count). The maximum Gasteiger partial charge on any atom is 0.131 e. The van der Waals surface area contributed by atoms with Crippen LogP contribution in [0.1, 0.15) is 0 Å². The molecule has 2 aromatic rings. The third-order valence-corrected chi connectivity index (χ3v) is 1.47. The maximum atomic E-state index is 4.71. The van der Waals surface area contributed by atoms with E-state index in [4.69, 9.17) is 4.52 Å². The highest BCUT2D eigenvalue weighted by Crippen LogP contribution is 2.16. The number of hydrogen-bond donors (Lipinski definition) is 0. The van der Waals surface area contributed by atoms with Crippen molar-refractivity contribution in [1.29, 1.82) is 0 Å². The Morgan fingerprint density at radius 3 is 3.00 bits per heavy atom. The second-order valence-corrected chi connectivity index (χ2v) is 2.21. The predicted octanol–water partition coefficient (Wildman–Crippen LogP) is 2.14. The summed E-state index contributed by atoms with van der Waals surface area (Å²) in [4.78, 5) is 0. The Kier molecular flexibility index (Phi) is 1.44. The second-order valence-electron chi connectivity index (χ2n) is 2.21. The van der Waals surface area contributed by atoms with Gasteiger partial charge in [0, 0.05) is 5.56 Å². The second kappa shape index (κ2) is 2.58. The van der Waals surface area contributed by atoms with Crippen molar-refractivity contribution in [2.24, 2.45) is 0 Å². The largest absolute Gasteiger partial charge is 0.364 e. The molecular formula is C9H6NO. The zero-order valence-electron chi connectivity index (χ0n) is 5.82. The first kappa shape index (κ1) is 6.16. The summed E-state index contributed by atoms with van der Waals surface area (Å²) in [7, 11) is 0. The van der Waals surface area contributed by atoms with E-state index < -0.39 is 0 Å². The van der Waals surface area contributed by atoms with E-state index in [0.29, 0.717) is 0 Å². The van der Waals surface area contributed by atoms with E-state index in [2.05, 4.69) is 11.2 Å². The van der Waals surface area contributed by atoms with Crippen LogP contribution in [0.25, 0.3) is 11.1 Å². The van der Waals surface area contributed by atoms with Crippen molar-refractivity contribution in [2.75, 3.05) is 0 Å². The standard InChI is InChI=1S/C9H6NO/c1-2-4-8(5-3-1)9-6-10-11-7-9/h1-2,4-7H. The van der Waals surface area contributed by atoms with Crippen LogP contribution in [0.3, 0.4) is 0 Å². The van der Waals surface area contributed by atoms with Crippen LogP contribution >= 0.6 is 0 Å². The zero-order valence-corrected chi connectivity index (χ0v) is 5.82. The highest BCUT2D eigenvalue weighted by atomic mass is 16.5. The molecule has 0 bridgehead atoms. The third kappa shape index (κ3) is 1.15. The van der Waals surface area contributed by atoms with Crippen LogP contribution in [0.2, 0.25) is 0 Å². The van der Waals surface area contributed by atoms with Crippen LogP contribution in [0, 0.1) is 6.07 Å². The normalized spacial score (nSPS) is 9.82. The summed E-state index contributed by atoms with van der Waals surface area (Å²) < 4.78 is 4.71. The van der Waals surface area contributed by atoms with Gasteiger partial charge in [-0.05, 0) is 17.7 Å². The SMILES string of the molecule is [c]1cccc(-c2cnoc2)c1. The highest BCUT2D eigenvalue weighted by molar-refractivity contribution is 5.60. The van der Waals surface area contributed by atoms with Crippen LogP contribution in [0.15, 0.2) is 41.2 Å². The van der Waals surface area contributed by atoms with Crippen molar-refractivity contribution in [3.05, 3.63) is 42.8 Å². The van der Waals surface area contributed by atoms with Gasteiger partial charge in [0.1, 0.15) is 6.26 Å². The van der Waals surface area contributed by atoms with E-state index in [-0.39, 0.29) is 0 Å². The molecular weight excluding hydrogens is 138 g/mol. The van der Waals surface area contributed by atoms with Gasteiger partial charge < -0.3 is 4.52 Å². The first-order chi connectivity index (χ1) is 5.47. The molecule has 2 nitrogen and oxygen atoms in total. The van der Waals surface area contributed by atoms with Crippen LogP contribution < -0.4 is 0 Å². The topological polar surface area (TPSA) is 26.0 Å². The number of hydrogen-bond acceptors (Lipinski definition) is 2. The lowest BCUT2D eigenvalue weighted by molar-refractivity contribution is 0.420. The molecule has 1 heterocycles. The minimum Gasteiger partial charge on any atom is -0.364 e. The molecule has 0 saturated heterocycles. The lowest BCUT2D eigenvalue weighted by Gasteiger charge is -1.90. The summed E-state index contributed by atoms with van der Waals surface area (Å²) in [6.45, 7) is 0. The molecule has 0 aliphatic rings. The van der Waals surface area contributed by atoms with E-state index in [1.807, 2.05) is 24.3 Å². The van der Waals surface area contributed by atoms with Gasteiger partial charge in [0.2, 0.25) is 0 Å². The fraction of sp³-hybridized carbons (Fsp3) is 0. The van der Waals surface area contributed by atoms with Crippen molar-refractivity contribution in [1.82, 2.24) is 5.16 Å². The van der Waals surface area contributed by atoms with Gasteiger partial charge in [-0.1, -0.05) is 23.4 Å². The summed E-state index contributed by atoms with van der Waals surface area (Å²) in [5, 5.41) is 3.61. The Morgan fingerprint density at radius 2 is 2.36 bits per heavy atom. The molecule has 1 aromatic heterocycles. The lowest BCUT2D eigenvalue weighted by atomic mass is 10.1. The van der Waals surface area contributed by atoms with E-state index in [0.717, 1.165) is 11.1 Å². The molecule has 0 amide bonds. The Labute approximate surface area is 64.5 Å². The summed E-state index contributed by atoms with van der Waals surface area (Å²) in [6, 6.07) is 10.7. The number of rotatable bonds is 1. The van der Waals surface area contributed by atoms with Crippen molar-refractivity contribution in [3.63, 3.8) is 0 Å². The van der Waals surface area contributed by atoms with Crippen LogP contribution in [-0.2, 0) is 0 Å². The smallest absolute Gasteiger partial charge is 0.131 e. The van der Waals surface area contributed by atoms with Crippen LogP contribution in [0.4, 0.5) is 0 Å². The molecule has 0 spiro atoms. The Balaban J connectivity index is 2.46. The van der Waals surface area contributed by atoms with Gasteiger partial charge in [-0.25, -0.2) is 0 Å². The van der Waals surface area contributed by atoms with Crippen LogP contribution in [-0.4, -0.2) is 5.16 Å². The fourth-order valence-corrected chi connectivity index (χ4v) is 0.920. The fourth-order valence-electron chi connectivity index (χ4n) is 0.920. The van der Waals surface area contributed by atoms with Crippen molar-refractivity contribution >= 4 is 0 Å². The third-order valence-electron chi connectivity index (χ3n) is 1.47. The zero-order chi connectivity index (χ0) is 7.52. The van der Waals surface area contributed by atoms with Gasteiger partial charge in [0.15, 0.2) is 0 Å². The summed E-state index contributed by atoms with van der Waals surface area (Å²) in [6.07, 6.45) is 3.30. The Morgan fingerprint density at radius 1 is 1.36 bits per heavy atom. The highest BCUT2D eigenvalue weighted by Gasteiger charge is 1.96. The van der Waals surface area contributed by atoms with E-state index in [1.165, 1.54) is 0 Å². The monoisotopic (exact) mass is 144 g/mol. The molecule has 1 radical (unpaired) electrons. The molecule has 0 N–H and O–H groups in total. The lowest BCUT2D eigenvalue weighted by Crippen LogP contribution is -1.69. The molecule has 11 heavy (non-hydrogen) atoms. The minimum absolute atomic E-state index is 0.988. The molecule has 0 aliphatic carbocycles. The van der Waals surface area contributed by atoms with Crippen molar-refractivity contribution < 1.29 is 4.52 Å². The summed E-state index contributed by atoms with van der Waals surface area (Å²) >= 11 is 0. The van der Waals surface area contributed by atoms with E-state index >= 15 is 0 Å². The number of aromatic nitrogens is 1. The molecule has 0 unspecified atom stereocenters. The predicted molar refractivity (Wildman–Crippen MR) is 40.8 cm³/mol. The van der Waals surface area contributed by atoms with Gasteiger partial charge in [-0.2, -0.15) is 0 Å². The van der Waals surface area contributed by atoms with Gasteiger partial charge >= 0.3 is 0 Å². The molecule has 0 aliphatic heterocycles.